The first-order chi connectivity index (χ1) is 14.9. The van der Waals surface area contributed by atoms with Crippen LogP contribution in [0.25, 0.3) is 0 Å². The summed E-state index contributed by atoms with van der Waals surface area (Å²) in [5, 5.41) is 0. The quantitative estimate of drug-likeness (QED) is 0.676. The number of hydrogen-bond donors (Lipinski definition) is 0. The number of piperidine rings is 1. The van der Waals surface area contributed by atoms with Gasteiger partial charge in [-0.2, -0.15) is 0 Å². The van der Waals surface area contributed by atoms with E-state index in [0.29, 0.717) is 29.5 Å². The average Bonchev–Trinajstić information content (AvgIpc) is 2.78. The molecule has 1 aliphatic rings. The van der Waals surface area contributed by atoms with Gasteiger partial charge in [0.25, 0.3) is 11.8 Å². The van der Waals surface area contributed by atoms with Crippen molar-refractivity contribution < 1.29 is 14.3 Å². The zero-order valence-corrected chi connectivity index (χ0v) is 19.1. The molecule has 2 heterocycles. The topological polar surface area (TPSA) is 62.7 Å². The van der Waals surface area contributed by atoms with Gasteiger partial charge in [-0.3, -0.25) is 9.59 Å². The summed E-state index contributed by atoms with van der Waals surface area (Å²) < 4.78 is 5.50. The van der Waals surface area contributed by atoms with Gasteiger partial charge in [-0.1, -0.05) is 12.1 Å². The van der Waals surface area contributed by atoms with Crippen LogP contribution in [0.1, 0.15) is 58.3 Å². The highest BCUT2D eigenvalue weighted by atomic mass is 16.5. The van der Waals surface area contributed by atoms with Gasteiger partial charge in [0.05, 0.1) is 17.9 Å². The van der Waals surface area contributed by atoms with E-state index in [1.165, 1.54) is 10.5 Å². The monoisotopic (exact) mass is 423 g/mol. The predicted octanol–water partition coefficient (Wildman–Crippen LogP) is 3.98. The van der Waals surface area contributed by atoms with Crippen molar-refractivity contribution in [3.8, 4) is 5.75 Å². The number of pyridine rings is 1. The third-order valence-electron chi connectivity index (χ3n) is 5.92. The lowest BCUT2D eigenvalue weighted by molar-refractivity contribution is 0.0684. The van der Waals surface area contributed by atoms with Crippen LogP contribution >= 0.6 is 0 Å². The molecule has 31 heavy (non-hydrogen) atoms. The highest BCUT2D eigenvalue weighted by molar-refractivity contribution is 5.97. The van der Waals surface area contributed by atoms with Crippen LogP contribution in [0.4, 0.5) is 0 Å². The molecule has 0 saturated carbocycles. The molecule has 1 saturated heterocycles. The van der Waals surface area contributed by atoms with Crippen LogP contribution in [0.3, 0.4) is 0 Å². The van der Waals surface area contributed by atoms with Crippen LogP contribution < -0.4 is 4.74 Å². The van der Waals surface area contributed by atoms with Crippen molar-refractivity contribution in [2.45, 2.75) is 39.5 Å². The third kappa shape index (κ3) is 5.84. The summed E-state index contributed by atoms with van der Waals surface area (Å²) in [7, 11) is 3.39. The first-order valence-corrected chi connectivity index (χ1v) is 11.1. The van der Waals surface area contributed by atoms with E-state index in [-0.39, 0.29) is 11.8 Å². The second-order valence-corrected chi connectivity index (χ2v) is 8.38. The fourth-order valence-electron chi connectivity index (χ4n) is 4.02. The highest BCUT2D eigenvalue weighted by Gasteiger charge is 2.25. The number of amides is 2. The normalized spacial score (nSPS) is 14.4. The van der Waals surface area contributed by atoms with Gasteiger partial charge in [-0.05, 0) is 75.3 Å². The van der Waals surface area contributed by atoms with Crippen molar-refractivity contribution in [3.05, 3.63) is 58.9 Å². The van der Waals surface area contributed by atoms with Crippen LogP contribution in [-0.4, -0.2) is 60.4 Å². The van der Waals surface area contributed by atoms with Crippen LogP contribution in [0.5, 0.6) is 5.75 Å². The summed E-state index contributed by atoms with van der Waals surface area (Å²) >= 11 is 0. The van der Waals surface area contributed by atoms with Gasteiger partial charge >= 0.3 is 0 Å². The molecule has 0 N–H and O–H groups in total. The Labute approximate surface area is 185 Å². The van der Waals surface area contributed by atoms with Crippen molar-refractivity contribution in [2.24, 2.45) is 5.92 Å². The molecule has 2 amide bonds. The molecule has 2 aromatic rings. The predicted molar refractivity (Wildman–Crippen MR) is 122 cm³/mol. The van der Waals surface area contributed by atoms with E-state index in [1.54, 1.807) is 33.2 Å². The molecular weight excluding hydrogens is 390 g/mol. The SMILES string of the molecule is CCOc1ccc(CCC2CCN(C(=O)c3ccc(C(=O)N(C)C)nc3C)CC2)cc1. The number of carbonyl (C=O) groups is 2. The van der Waals surface area contributed by atoms with Gasteiger partial charge in [0.15, 0.2) is 0 Å². The molecular formula is C25H33N3O3. The van der Waals surface area contributed by atoms with Gasteiger partial charge in [-0.25, -0.2) is 4.98 Å². The van der Waals surface area contributed by atoms with E-state index in [9.17, 15) is 9.59 Å². The molecule has 0 atom stereocenters. The summed E-state index contributed by atoms with van der Waals surface area (Å²) in [6, 6.07) is 11.7. The van der Waals surface area contributed by atoms with E-state index < -0.39 is 0 Å². The van der Waals surface area contributed by atoms with E-state index in [0.717, 1.165) is 44.5 Å². The van der Waals surface area contributed by atoms with Gasteiger partial charge < -0.3 is 14.5 Å². The summed E-state index contributed by atoms with van der Waals surface area (Å²) in [6.07, 6.45) is 4.23. The highest BCUT2D eigenvalue weighted by Crippen LogP contribution is 2.25. The standard InChI is InChI=1S/C25H33N3O3/c1-5-31-21-10-8-19(9-11-21)6-7-20-14-16-28(17-15-20)24(29)22-12-13-23(26-18(22)2)25(30)27(3)4/h8-13,20H,5-7,14-17H2,1-4H3. The Hall–Kier alpha value is -2.89. The zero-order valence-electron chi connectivity index (χ0n) is 19.1. The molecule has 6 heteroatoms. The molecule has 0 radical (unpaired) electrons. The number of likely N-dealkylation sites (tertiary alicyclic amines) is 1. The minimum absolute atomic E-state index is 0.0128. The van der Waals surface area contributed by atoms with Crippen LogP contribution in [0.15, 0.2) is 36.4 Å². The molecule has 1 aliphatic heterocycles. The molecule has 0 aliphatic carbocycles. The maximum Gasteiger partial charge on any atom is 0.271 e. The lowest BCUT2D eigenvalue weighted by Gasteiger charge is -2.32. The first-order valence-electron chi connectivity index (χ1n) is 11.1. The van der Waals surface area contributed by atoms with Gasteiger partial charge in [-0.15, -0.1) is 0 Å². The number of rotatable bonds is 7. The second-order valence-electron chi connectivity index (χ2n) is 8.38. The third-order valence-corrected chi connectivity index (χ3v) is 5.92. The number of ether oxygens (including phenoxy) is 1. The number of aryl methyl sites for hydroxylation is 2. The van der Waals surface area contributed by atoms with Crippen molar-refractivity contribution in [1.82, 2.24) is 14.8 Å². The number of nitrogens with zero attached hydrogens (tertiary/aromatic N) is 3. The average molecular weight is 424 g/mol. The summed E-state index contributed by atoms with van der Waals surface area (Å²) in [5.74, 6) is 1.41. The maximum absolute atomic E-state index is 13.0. The summed E-state index contributed by atoms with van der Waals surface area (Å²) in [5.41, 5.74) is 2.89. The van der Waals surface area contributed by atoms with Crippen LogP contribution in [0, 0.1) is 12.8 Å². The van der Waals surface area contributed by atoms with Gasteiger partial charge in [0.2, 0.25) is 0 Å². The minimum atomic E-state index is -0.157. The first kappa shape index (κ1) is 22.8. The van der Waals surface area contributed by atoms with Gasteiger partial charge in [0.1, 0.15) is 11.4 Å². The molecule has 6 nitrogen and oxygen atoms in total. The Kier molecular flexibility index (Phi) is 7.66. The fraction of sp³-hybridized carbons (Fsp3) is 0.480. The largest absolute Gasteiger partial charge is 0.494 e. The number of benzene rings is 1. The van der Waals surface area contributed by atoms with Crippen LogP contribution in [-0.2, 0) is 6.42 Å². The van der Waals surface area contributed by atoms with Crippen molar-refractivity contribution in [3.63, 3.8) is 0 Å². The maximum atomic E-state index is 13.0. The summed E-state index contributed by atoms with van der Waals surface area (Å²) in [4.78, 5) is 32.8. The molecule has 0 spiro atoms. The zero-order chi connectivity index (χ0) is 22.4. The molecule has 3 rings (SSSR count). The lowest BCUT2D eigenvalue weighted by Crippen LogP contribution is -2.39. The summed E-state index contributed by atoms with van der Waals surface area (Å²) in [6.45, 7) is 6.01. The molecule has 0 unspecified atom stereocenters. The number of aromatic nitrogens is 1. The Bertz CT molecular complexity index is 901. The molecule has 166 valence electrons. The van der Waals surface area contributed by atoms with E-state index in [2.05, 4.69) is 17.1 Å². The van der Waals surface area contributed by atoms with E-state index in [1.807, 2.05) is 24.0 Å². The van der Waals surface area contributed by atoms with Crippen molar-refractivity contribution in [2.75, 3.05) is 33.8 Å². The van der Waals surface area contributed by atoms with E-state index >= 15 is 0 Å². The number of hydrogen-bond acceptors (Lipinski definition) is 4. The Balaban J connectivity index is 1.51. The molecule has 1 aromatic carbocycles. The number of carbonyl (C=O) groups excluding carboxylic acids is 2. The van der Waals surface area contributed by atoms with Crippen molar-refractivity contribution >= 4 is 11.8 Å². The Morgan fingerprint density at radius 3 is 2.35 bits per heavy atom. The van der Waals surface area contributed by atoms with Crippen molar-refractivity contribution in [1.29, 1.82) is 0 Å². The van der Waals surface area contributed by atoms with Crippen LogP contribution in [0.2, 0.25) is 0 Å². The molecule has 0 bridgehead atoms. The molecule has 1 aromatic heterocycles. The Morgan fingerprint density at radius 2 is 1.77 bits per heavy atom. The Morgan fingerprint density at radius 1 is 1.10 bits per heavy atom. The van der Waals surface area contributed by atoms with Gasteiger partial charge in [0, 0.05) is 27.2 Å². The fourth-order valence-corrected chi connectivity index (χ4v) is 4.02. The molecule has 1 fully saturated rings. The van der Waals surface area contributed by atoms with E-state index in [4.69, 9.17) is 4.74 Å². The minimum Gasteiger partial charge on any atom is -0.494 e. The lowest BCUT2D eigenvalue weighted by atomic mass is 9.90. The smallest absolute Gasteiger partial charge is 0.271 e. The second kappa shape index (κ2) is 10.4.